The molecule has 2 nitrogen and oxygen atoms in total. The molecule has 0 bridgehead atoms. The van der Waals surface area contributed by atoms with E-state index in [1.54, 1.807) is 0 Å². The Balaban J connectivity index is 2.45. The minimum atomic E-state index is 0.481. The van der Waals surface area contributed by atoms with E-state index in [1.807, 2.05) is 18.2 Å². The molecular formula is C13H21NO. The lowest BCUT2D eigenvalue weighted by Gasteiger charge is -2.15. The van der Waals surface area contributed by atoms with Crippen LogP contribution in [0.5, 0.6) is 5.75 Å². The van der Waals surface area contributed by atoms with Crippen LogP contribution in [0.3, 0.4) is 0 Å². The first-order valence-corrected chi connectivity index (χ1v) is 5.66. The van der Waals surface area contributed by atoms with Crippen LogP contribution >= 0.6 is 0 Å². The Labute approximate surface area is 92.4 Å². The molecule has 15 heavy (non-hydrogen) atoms. The van der Waals surface area contributed by atoms with Gasteiger partial charge in [-0.05, 0) is 31.5 Å². The van der Waals surface area contributed by atoms with E-state index in [-0.39, 0.29) is 0 Å². The molecule has 1 aromatic rings. The normalized spacial score (nSPS) is 12.5. The van der Waals surface area contributed by atoms with Crippen LogP contribution in [0, 0.1) is 12.8 Å². The monoisotopic (exact) mass is 207 g/mol. The second-order valence-corrected chi connectivity index (χ2v) is 3.97. The van der Waals surface area contributed by atoms with E-state index >= 15 is 0 Å². The van der Waals surface area contributed by atoms with E-state index < -0.39 is 0 Å². The van der Waals surface area contributed by atoms with E-state index in [0.717, 1.165) is 18.8 Å². The summed E-state index contributed by atoms with van der Waals surface area (Å²) < 4.78 is 5.76. The predicted octanol–water partition coefficient (Wildman–Crippen LogP) is 2.75. The molecule has 2 heteroatoms. The van der Waals surface area contributed by atoms with E-state index in [9.17, 15) is 0 Å². The largest absolute Gasteiger partial charge is 0.493 e. The Hall–Kier alpha value is -1.02. The Morgan fingerprint density at radius 3 is 2.67 bits per heavy atom. The van der Waals surface area contributed by atoms with Gasteiger partial charge in [0.2, 0.25) is 0 Å². The summed E-state index contributed by atoms with van der Waals surface area (Å²) in [5.74, 6) is 1.46. The summed E-state index contributed by atoms with van der Waals surface area (Å²) in [6.07, 6.45) is 2.31. The lowest BCUT2D eigenvalue weighted by atomic mass is 10.1. The van der Waals surface area contributed by atoms with E-state index in [0.29, 0.717) is 12.5 Å². The molecule has 0 aliphatic carbocycles. The molecule has 1 rings (SSSR count). The van der Waals surface area contributed by atoms with Crippen molar-refractivity contribution in [3.05, 3.63) is 29.8 Å². The van der Waals surface area contributed by atoms with Crippen LogP contribution in [0.25, 0.3) is 0 Å². The van der Waals surface area contributed by atoms with Crippen LogP contribution < -0.4 is 10.5 Å². The first kappa shape index (κ1) is 12.1. The summed E-state index contributed by atoms with van der Waals surface area (Å²) >= 11 is 0. The first-order chi connectivity index (χ1) is 7.27. The molecule has 84 valence electrons. The summed E-state index contributed by atoms with van der Waals surface area (Å²) in [5, 5.41) is 0. The fraction of sp³-hybridized carbons (Fsp3) is 0.538. The van der Waals surface area contributed by atoms with Gasteiger partial charge in [-0.15, -0.1) is 0 Å². The van der Waals surface area contributed by atoms with Gasteiger partial charge in [0, 0.05) is 5.92 Å². The molecule has 0 fully saturated rings. The van der Waals surface area contributed by atoms with Gasteiger partial charge in [-0.2, -0.15) is 0 Å². The summed E-state index contributed by atoms with van der Waals surface area (Å²) in [6.45, 7) is 5.68. The lowest BCUT2D eigenvalue weighted by molar-refractivity contribution is 0.242. The number of rotatable bonds is 6. The highest BCUT2D eigenvalue weighted by molar-refractivity contribution is 5.31. The average molecular weight is 207 g/mol. The van der Waals surface area contributed by atoms with Gasteiger partial charge in [-0.25, -0.2) is 0 Å². The fourth-order valence-electron chi connectivity index (χ4n) is 1.60. The Morgan fingerprint density at radius 1 is 1.33 bits per heavy atom. The van der Waals surface area contributed by atoms with Gasteiger partial charge in [-0.1, -0.05) is 31.5 Å². The van der Waals surface area contributed by atoms with Crippen molar-refractivity contribution in [2.45, 2.75) is 26.7 Å². The van der Waals surface area contributed by atoms with Crippen molar-refractivity contribution in [2.24, 2.45) is 11.7 Å². The molecular weight excluding hydrogens is 186 g/mol. The van der Waals surface area contributed by atoms with Crippen LogP contribution in [-0.2, 0) is 0 Å². The standard InChI is InChI=1S/C13H21NO/c1-3-6-12(9-14)10-15-13-8-5-4-7-11(13)2/h4-5,7-8,12H,3,6,9-10,14H2,1-2H3. The summed E-state index contributed by atoms with van der Waals surface area (Å²) in [5.41, 5.74) is 6.87. The fourth-order valence-corrected chi connectivity index (χ4v) is 1.60. The zero-order chi connectivity index (χ0) is 11.1. The molecule has 0 amide bonds. The molecule has 1 unspecified atom stereocenters. The highest BCUT2D eigenvalue weighted by Crippen LogP contribution is 2.17. The third-order valence-electron chi connectivity index (χ3n) is 2.60. The van der Waals surface area contributed by atoms with Crippen LogP contribution in [0.4, 0.5) is 0 Å². The highest BCUT2D eigenvalue weighted by Gasteiger charge is 2.07. The number of ether oxygens (including phenoxy) is 1. The molecule has 0 aliphatic rings. The van der Waals surface area contributed by atoms with Crippen LogP contribution in [0.1, 0.15) is 25.3 Å². The maximum absolute atomic E-state index is 5.76. The topological polar surface area (TPSA) is 35.2 Å². The smallest absolute Gasteiger partial charge is 0.122 e. The summed E-state index contributed by atoms with van der Waals surface area (Å²) in [6, 6.07) is 8.09. The quantitative estimate of drug-likeness (QED) is 0.778. The van der Waals surface area contributed by atoms with Gasteiger partial charge in [-0.3, -0.25) is 0 Å². The van der Waals surface area contributed by atoms with Gasteiger partial charge in [0.25, 0.3) is 0 Å². The van der Waals surface area contributed by atoms with Crippen molar-refractivity contribution < 1.29 is 4.74 Å². The number of nitrogens with two attached hydrogens (primary N) is 1. The zero-order valence-electron chi connectivity index (χ0n) is 9.70. The maximum atomic E-state index is 5.76. The number of benzene rings is 1. The molecule has 0 heterocycles. The molecule has 1 atom stereocenters. The van der Waals surface area contributed by atoms with Gasteiger partial charge in [0.05, 0.1) is 6.61 Å². The summed E-state index contributed by atoms with van der Waals surface area (Å²) in [7, 11) is 0. The molecule has 2 N–H and O–H groups in total. The second-order valence-electron chi connectivity index (χ2n) is 3.97. The minimum Gasteiger partial charge on any atom is -0.493 e. The third-order valence-corrected chi connectivity index (χ3v) is 2.60. The van der Waals surface area contributed by atoms with Crippen molar-refractivity contribution in [1.29, 1.82) is 0 Å². The van der Waals surface area contributed by atoms with Gasteiger partial charge < -0.3 is 10.5 Å². The van der Waals surface area contributed by atoms with Gasteiger partial charge in [0.15, 0.2) is 0 Å². The molecule has 0 radical (unpaired) electrons. The Bertz CT molecular complexity index is 286. The minimum absolute atomic E-state index is 0.481. The zero-order valence-corrected chi connectivity index (χ0v) is 9.70. The van der Waals surface area contributed by atoms with Crippen LogP contribution in [-0.4, -0.2) is 13.2 Å². The molecule has 0 saturated carbocycles. The van der Waals surface area contributed by atoms with Gasteiger partial charge >= 0.3 is 0 Å². The average Bonchev–Trinajstić information content (AvgIpc) is 2.26. The number of hydrogen-bond donors (Lipinski definition) is 1. The van der Waals surface area contributed by atoms with E-state index in [2.05, 4.69) is 19.9 Å². The number of aryl methyl sites for hydroxylation is 1. The van der Waals surface area contributed by atoms with Gasteiger partial charge in [0.1, 0.15) is 5.75 Å². The molecule has 0 aliphatic heterocycles. The SMILES string of the molecule is CCCC(CN)COc1ccccc1C. The second kappa shape index (κ2) is 6.46. The first-order valence-electron chi connectivity index (χ1n) is 5.66. The van der Waals surface area contributed by atoms with Crippen molar-refractivity contribution in [3.8, 4) is 5.75 Å². The third kappa shape index (κ3) is 3.92. The summed E-state index contributed by atoms with van der Waals surface area (Å²) in [4.78, 5) is 0. The molecule has 0 aromatic heterocycles. The number of hydrogen-bond acceptors (Lipinski definition) is 2. The van der Waals surface area contributed by atoms with E-state index in [4.69, 9.17) is 10.5 Å². The van der Waals surface area contributed by atoms with Crippen molar-refractivity contribution in [3.63, 3.8) is 0 Å². The maximum Gasteiger partial charge on any atom is 0.122 e. The highest BCUT2D eigenvalue weighted by atomic mass is 16.5. The predicted molar refractivity (Wildman–Crippen MR) is 64.1 cm³/mol. The van der Waals surface area contributed by atoms with Crippen LogP contribution in [0.15, 0.2) is 24.3 Å². The Morgan fingerprint density at radius 2 is 2.07 bits per heavy atom. The molecule has 0 spiro atoms. The lowest BCUT2D eigenvalue weighted by Crippen LogP contribution is -2.21. The van der Waals surface area contributed by atoms with Crippen molar-refractivity contribution >= 4 is 0 Å². The van der Waals surface area contributed by atoms with E-state index in [1.165, 1.54) is 12.0 Å². The van der Waals surface area contributed by atoms with Crippen LogP contribution in [0.2, 0.25) is 0 Å². The van der Waals surface area contributed by atoms with Crippen molar-refractivity contribution in [1.82, 2.24) is 0 Å². The van der Waals surface area contributed by atoms with Crippen molar-refractivity contribution in [2.75, 3.05) is 13.2 Å². The molecule has 1 aromatic carbocycles. The number of para-hydroxylation sites is 1. The Kier molecular flexibility index (Phi) is 5.19. The molecule has 0 saturated heterocycles.